The Labute approximate surface area is 208 Å². The van der Waals surface area contributed by atoms with Crippen LogP contribution in [0.4, 0.5) is 26.3 Å². The minimum absolute atomic E-state index is 0.00489. The SMILES string of the molecule is CC=CCOC(F)=C(F)c1ccc(-c2ccc(-c3cnc(-c4cc(F)c(F)c(F)c4)nc3)cc2)c(F)c1. The molecule has 0 aliphatic carbocycles. The molecular formula is C28H18F6N2O. The van der Waals surface area contributed by atoms with E-state index in [4.69, 9.17) is 0 Å². The highest BCUT2D eigenvalue weighted by Gasteiger charge is 2.15. The molecule has 1 heterocycles. The molecule has 0 aliphatic heterocycles. The third kappa shape index (κ3) is 5.72. The molecule has 1 aromatic heterocycles. The van der Waals surface area contributed by atoms with Crippen molar-refractivity contribution in [2.45, 2.75) is 6.92 Å². The van der Waals surface area contributed by atoms with Crippen molar-refractivity contribution in [2.24, 2.45) is 0 Å². The number of halogens is 6. The van der Waals surface area contributed by atoms with Crippen molar-refractivity contribution in [1.29, 1.82) is 0 Å². The van der Waals surface area contributed by atoms with E-state index in [1.807, 2.05) is 0 Å². The van der Waals surface area contributed by atoms with E-state index in [0.29, 0.717) is 16.7 Å². The first-order chi connectivity index (χ1) is 17.8. The summed E-state index contributed by atoms with van der Waals surface area (Å²) < 4.78 is 87.5. The molecule has 0 saturated heterocycles. The highest BCUT2D eigenvalue weighted by molar-refractivity contribution is 5.72. The van der Waals surface area contributed by atoms with Crippen LogP contribution in [0.5, 0.6) is 0 Å². The van der Waals surface area contributed by atoms with Crippen LogP contribution in [-0.2, 0) is 4.74 Å². The van der Waals surface area contributed by atoms with Gasteiger partial charge < -0.3 is 4.74 Å². The first kappa shape index (κ1) is 25.7. The minimum Gasteiger partial charge on any atom is -0.464 e. The molecular weight excluding hydrogens is 494 g/mol. The van der Waals surface area contributed by atoms with E-state index in [2.05, 4.69) is 14.7 Å². The van der Waals surface area contributed by atoms with Gasteiger partial charge in [-0.05, 0) is 36.2 Å². The fourth-order valence-electron chi connectivity index (χ4n) is 3.43. The average molecular weight is 512 g/mol. The van der Waals surface area contributed by atoms with E-state index in [1.165, 1.54) is 30.6 Å². The monoisotopic (exact) mass is 512 g/mol. The lowest BCUT2D eigenvalue weighted by Gasteiger charge is -2.08. The standard InChI is InChI=1S/C28H18F6N2O/c1-2-3-10-37-27(34)25(32)18-8-9-21(22(29)11-18)17-6-4-16(5-7-17)20-14-35-28(36-15-20)19-12-23(30)26(33)24(31)13-19/h2-9,11-15H,10H2,1H3. The summed E-state index contributed by atoms with van der Waals surface area (Å²) in [6.45, 7) is 1.55. The van der Waals surface area contributed by atoms with Gasteiger partial charge in [-0.3, -0.25) is 0 Å². The fraction of sp³-hybridized carbons (Fsp3) is 0.0714. The predicted molar refractivity (Wildman–Crippen MR) is 128 cm³/mol. The van der Waals surface area contributed by atoms with E-state index in [-0.39, 0.29) is 29.1 Å². The summed E-state index contributed by atoms with van der Waals surface area (Å²) in [6, 6.07) is 10.2. The van der Waals surface area contributed by atoms with Crippen LogP contribution in [-0.4, -0.2) is 16.6 Å². The molecule has 0 amide bonds. The quantitative estimate of drug-likeness (QED) is 0.108. The van der Waals surface area contributed by atoms with E-state index >= 15 is 0 Å². The second-order valence-electron chi connectivity index (χ2n) is 7.79. The average Bonchev–Trinajstić information content (AvgIpc) is 2.91. The second kappa shape index (κ2) is 11.1. The maximum Gasteiger partial charge on any atom is 0.310 e. The van der Waals surface area contributed by atoms with Gasteiger partial charge in [0, 0.05) is 34.6 Å². The van der Waals surface area contributed by atoms with Crippen LogP contribution in [0.2, 0.25) is 0 Å². The Morgan fingerprint density at radius 1 is 0.757 bits per heavy atom. The summed E-state index contributed by atoms with van der Waals surface area (Å²) in [5.74, 6) is -6.33. The summed E-state index contributed by atoms with van der Waals surface area (Å²) in [5, 5.41) is 0. The number of rotatable bonds is 7. The Kier molecular flexibility index (Phi) is 7.71. The van der Waals surface area contributed by atoms with Gasteiger partial charge in [0.15, 0.2) is 23.3 Å². The van der Waals surface area contributed by atoms with E-state index in [0.717, 1.165) is 18.2 Å². The maximum atomic E-state index is 14.7. The number of nitrogens with zero attached hydrogens (tertiary/aromatic N) is 2. The number of aromatic nitrogens is 2. The Morgan fingerprint density at radius 2 is 1.38 bits per heavy atom. The third-order valence-electron chi connectivity index (χ3n) is 5.36. The number of hydrogen-bond acceptors (Lipinski definition) is 3. The van der Waals surface area contributed by atoms with Gasteiger partial charge in [0.25, 0.3) is 0 Å². The molecule has 0 aliphatic rings. The molecule has 37 heavy (non-hydrogen) atoms. The molecule has 0 bridgehead atoms. The van der Waals surface area contributed by atoms with E-state index < -0.39 is 35.1 Å². The van der Waals surface area contributed by atoms with Crippen molar-refractivity contribution < 1.29 is 31.1 Å². The van der Waals surface area contributed by atoms with E-state index in [9.17, 15) is 26.3 Å². The third-order valence-corrected chi connectivity index (χ3v) is 5.36. The molecule has 188 valence electrons. The molecule has 0 radical (unpaired) electrons. The molecule has 4 aromatic rings. The molecule has 0 unspecified atom stereocenters. The lowest BCUT2D eigenvalue weighted by atomic mass is 10.00. The molecule has 0 N–H and O–H groups in total. The first-order valence-corrected chi connectivity index (χ1v) is 11.0. The Bertz CT molecular complexity index is 1460. The zero-order valence-corrected chi connectivity index (χ0v) is 19.3. The Hall–Kier alpha value is -4.40. The number of ether oxygens (including phenoxy) is 1. The summed E-state index contributed by atoms with van der Waals surface area (Å²) in [7, 11) is 0. The van der Waals surface area contributed by atoms with Gasteiger partial charge >= 0.3 is 6.01 Å². The predicted octanol–water partition coefficient (Wildman–Crippen LogP) is 8.19. The molecule has 0 atom stereocenters. The van der Waals surface area contributed by atoms with Crippen LogP contribution in [0.1, 0.15) is 12.5 Å². The van der Waals surface area contributed by atoms with Crippen LogP contribution in [0.15, 0.2) is 85.2 Å². The largest absolute Gasteiger partial charge is 0.464 e. The minimum atomic E-state index is -1.57. The number of benzene rings is 3. The lowest BCUT2D eigenvalue weighted by molar-refractivity contribution is 0.169. The highest BCUT2D eigenvalue weighted by atomic mass is 19.2. The number of hydrogen-bond donors (Lipinski definition) is 0. The summed E-state index contributed by atoms with van der Waals surface area (Å²) in [6.07, 6.45) is 5.96. The van der Waals surface area contributed by atoms with Gasteiger partial charge in [0.2, 0.25) is 5.83 Å². The van der Waals surface area contributed by atoms with Gasteiger partial charge in [0.1, 0.15) is 12.4 Å². The van der Waals surface area contributed by atoms with Crippen LogP contribution in [0.3, 0.4) is 0 Å². The lowest BCUT2D eigenvalue weighted by Crippen LogP contribution is -1.95. The first-order valence-electron chi connectivity index (χ1n) is 11.0. The van der Waals surface area contributed by atoms with Crippen LogP contribution in [0.25, 0.3) is 39.5 Å². The molecule has 0 saturated carbocycles. The Balaban J connectivity index is 1.53. The van der Waals surface area contributed by atoms with Gasteiger partial charge in [-0.2, -0.15) is 8.78 Å². The topological polar surface area (TPSA) is 35.0 Å². The molecule has 9 heteroatoms. The molecule has 3 nitrogen and oxygen atoms in total. The van der Waals surface area contributed by atoms with Crippen LogP contribution < -0.4 is 0 Å². The fourth-order valence-corrected chi connectivity index (χ4v) is 3.43. The molecule has 0 fully saturated rings. The van der Waals surface area contributed by atoms with Crippen molar-refractivity contribution in [3.63, 3.8) is 0 Å². The zero-order valence-electron chi connectivity index (χ0n) is 19.3. The van der Waals surface area contributed by atoms with Crippen LogP contribution in [0, 0.1) is 23.3 Å². The summed E-state index contributed by atoms with van der Waals surface area (Å²) in [5.41, 5.74) is 1.57. The van der Waals surface area contributed by atoms with Gasteiger partial charge in [-0.15, -0.1) is 0 Å². The van der Waals surface area contributed by atoms with Crippen molar-refractivity contribution in [3.05, 3.63) is 114 Å². The van der Waals surface area contributed by atoms with Crippen molar-refractivity contribution in [3.8, 4) is 33.6 Å². The van der Waals surface area contributed by atoms with Crippen molar-refractivity contribution in [1.82, 2.24) is 9.97 Å². The van der Waals surface area contributed by atoms with Crippen LogP contribution >= 0.6 is 0 Å². The summed E-state index contributed by atoms with van der Waals surface area (Å²) in [4.78, 5) is 8.17. The van der Waals surface area contributed by atoms with Gasteiger partial charge in [-0.1, -0.05) is 48.6 Å². The zero-order chi connectivity index (χ0) is 26.5. The van der Waals surface area contributed by atoms with E-state index in [1.54, 1.807) is 37.3 Å². The molecule has 0 spiro atoms. The normalized spacial score (nSPS) is 12.1. The smallest absolute Gasteiger partial charge is 0.310 e. The molecule has 4 rings (SSSR count). The maximum absolute atomic E-state index is 14.7. The second-order valence-corrected chi connectivity index (χ2v) is 7.79. The Morgan fingerprint density at radius 3 is 1.97 bits per heavy atom. The molecule has 3 aromatic carbocycles. The van der Waals surface area contributed by atoms with Crippen molar-refractivity contribution in [2.75, 3.05) is 6.61 Å². The number of allylic oxidation sites excluding steroid dienone is 1. The van der Waals surface area contributed by atoms with Crippen molar-refractivity contribution >= 4 is 5.83 Å². The highest BCUT2D eigenvalue weighted by Crippen LogP contribution is 2.30. The summed E-state index contributed by atoms with van der Waals surface area (Å²) >= 11 is 0. The van der Waals surface area contributed by atoms with Gasteiger partial charge in [0.05, 0.1) is 0 Å². The van der Waals surface area contributed by atoms with Gasteiger partial charge in [-0.25, -0.2) is 27.5 Å².